The van der Waals surface area contributed by atoms with Crippen molar-refractivity contribution in [2.75, 3.05) is 11.9 Å². The lowest BCUT2D eigenvalue weighted by molar-refractivity contribution is 0.522. The highest BCUT2D eigenvalue weighted by Crippen LogP contribution is 2.13. The van der Waals surface area contributed by atoms with Crippen molar-refractivity contribution in [3.63, 3.8) is 0 Å². The quantitative estimate of drug-likeness (QED) is 0.784. The van der Waals surface area contributed by atoms with Crippen LogP contribution >= 0.6 is 0 Å². The second-order valence-electron chi connectivity index (χ2n) is 4.21. The molecule has 0 saturated carbocycles. The molecule has 1 aromatic rings. The van der Waals surface area contributed by atoms with Gasteiger partial charge in [-0.05, 0) is 36.6 Å². The van der Waals surface area contributed by atoms with Crippen LogP contribution in [0.3, 0.4) is 0 Å². The van der Waals surface area contributed by atoms with E-state index in [4.69, 9.17) is 5.73 Å². The van der Waals surface area contributed by atoms with Crippen LogP contribution in [0.4, 0.5) is 10.1 Å². The van der Waals surface area contributed by atoms with Crippen molar-refractivity contribution in [3.05, 3.63) is 30.1 Å². The number of hydrogen-bond acceptors (Lipinski definition) is 2. The fourth-order valence-electron chi connectivity index (χ4n) is 1.56. The summed E-state index contributed by atoms with van der Waals surface area (Å²) in [7, 11) is 0. The first kappa shape index (κ1) is 12.0. The molecule has 3 N–H and O–H groups in total. The maximum absolute atomic E-state index is 12.7. The maximum atomic E-state index is 12.7. The van der Waals surface area contributed by atoms with Crippen molar-refractivity contribution in [3.8, 4) is 0 Å². The van der Waals surface area contributed by atoms with Crippen LogP contribution in [0.1, 0.15) is 20.3 Å². The van der Waals surface area contributed by atoms with Gasteiger partial charge in [0, 0.05) is 18.3 Å². The lowest BCUT2D eigenvalue weighted by Gasteiger charge is -2.19. The summed E-state index contributed by atoms with van der Waals surface area (Å²) in [5, 5.41) is 3.30. The average Bonchev–Trinajstić information content (AvgIpc) is 2.19. The topological polar surface area (TPSA) is 38.0 Å². The molecule has 0 amide bonds. The zero-order valence-corrected chi connectivity index (χ0v) is 9.33. The second kappa shape index (κ2) is 5.71. The first-order valence-corrected chi connectivity index (χ1v) is 5.34. The minimum atomic E-state index is -0.214. The fraction of sp³-hybridized carbons (Fsp3) is 0.500. The molecule has 0 saturated heterocycles. The summed E-state index contributed by atoms with van der Waals surface area (Å²) in [4.78, 5) is 0. The van der Waals surface area contributed by atoms with Crippen LogP contribution in [0.2, 0.25) is 0 Å². The molecule has 0 radical (unpaired) electrons. The standard InChI is InChI=1S/C12H19FN2/c1-9(2)7-12(8-14)15-11-5-3-10(13)4-6-11/h3-6,9,12,15H,7-8,14H2,1-2H3. The Bertz CT molecular complexity index is 282. The third kappa shape index (κ3) is 4.30. The van der Waals surface area contributed by atoms with Gasteiger partial charge in [0.15, 0.2) is 0 Å². The lowest BCUT2D eigenvalue weighted by atomic mass is 10.0. The largest absolute Gasteiger partial charge is 0.381 e. The molecule has 0 heterocycles. The highest BCUT2D eigenvalue weighted by molar-refractivity contribution is 5.43. The van der Waals surface area contributed by atoms with E-state index < -0.39 is 0 Å². The van der Waals surface area contributed by atoms with Gasteiger partial charge in [0.2, 0.25) is 0 Å². The number of nitrogens with one attached hydrogen (secondary N) is 1. The molecule has 0 aliphatic rings. The smallest absolute Gasteiger partial charge is 0.123 e. The van der Waals surface area contributed by atoms with Crippen molar-refractivity contribution in [2.24, 2.45) is 11.7 Å². The Morgan fingerprint density at radius 2 is 1.87 bits per heavy atom. The molecule has 0 aliphatic carbocycles. The Labute approximate surface area is 90.7 Å². The minimum Gasteiger partial charge on any atom is -0.381 e. The Morgan fingerprint density at radius 3 is 2.33 bits per heavy atom. The summed E-state index contributed by atoms with van der Waals surface area (Å²) < 4.78 is 12.7. The lowest BCUT2D eigenvalue weighted by Crippen LogP contribution is -2.30. The van der Waals surface area contributed by atoms with E-state index in [1.54, 1.807) is 12.1 Å². The highest BCUT2D eigenvalue weighted by Gasteiger charge is 2.08. The van der Waals surface area contributed by atoms with E-state index in [2.05, 4.69) is 19.2 Å². The summed E-state index contributed by atoms with van der Waals surface area (Å²) in [5.41, 5.74) is 6.59. The molecule has 0 aromatic heterocycles. The molecule has 0 fully saturated rings. The minimum absolute atomic E-state index is 0.214. The molecule has 0 spiro atoms. The number of anilines is 1. The van der Waals surface area contributed by atoms with Crippen LogP contribution in [0.15, 0.2) is 24.3 Å². The first-order chi connectivity index (χ1) is 7.11. The van der Waals surface area contributed by atoms with Gasteiger partial charge in [-0.2, -0.15) is 0 Å². The van der Waals surface area contributed by atoms with Crippen LogP contribution in [0.5, 0.6) is 0 Å². The van der Waals surface area contributed by atoms with E-state index in [9.17, 15) is 4.39 Å². The third-order valence-electron chi connectivity index (χ3n) is 2.26. The Hall–Kier alpha value is -1.09. The van der Waals surface area contributed by atoms with Gasteiger partial charge in [0.05, 0.1) is 0 Å². The van der Waals surface area contributed by atoms with Gasteiger partial charge in [0.25, 0.3) is 0 Å². The number of nitrogens with two attached hydrogens (primary N) is 1. The van der Waals surface area contributed by atoms with E-state index in [1.807, 2.05) is 0 Å². The molecule has 3 heteroatoms. The van der Waals surface area contributed by atoms with Gasteiger partial charge < -0.3 is 11.1 Å². The van der Waals surface area contributed by atoms with Crippen molar-refractivity contribution in [2.45, 2.75) is 26.3 Å². The van der Waals surface area contributed by atoms with E-state index in [0.717, 1.165) is 12.1 Å². The second-order valence-corrected chi connectivity index (χ2v) is 4.21. The SMILES string of the molecule is CC(C)CC(CN)Nc1ccc(F)cc1. The molecule has 1 rings (SSSR count). The van der Waals surface area contributed by atoms with E-state index in [0.29, 0.717) is 12.5 Å². The van der Waals surface area contributed by atoms with Gasteiger partial charge >= 0.3 is 0 Å². The molecule has 1 unspecified atom stereocenters. The summed E-state index contributed by atoms with van der Waals surface area (Å²) in [6.45, 7) is 4.92. The number of halogens is 1. The van der Waals surface area contributed by atoms with Crippen LogP contribution < -0.4 is 11.1 Å². The number of benzene rings is 1. The van der Waals surface area contributed by atoms with Crippen LogP contribution in [0, 0.1) is 11.7 Å². The molecule has 15 heavy (non-hydrogen) atoms. The molecule has 0 bridgehead atoms. The molecule has 1 atom stereocenters. The molecular weight excluding hydrogens is 191 g/mol. The molecule has 84 valence electrons. The van der Waals surface area contributed by atoms with Crippen molar-refractivity contribution >= 4 is 5.69 Å². The monoisotopic (exact) mass is 210 g/mol. The zero-order valence-electron chi connectivity index (χ0n) is 9.33. The van der Waals surface area contributed by atoms with Crippen molar-refractivity contribution in [1.29, 1.82) is 0 Å². The number of rotatable bonds is 5. The van der Waals surface area contributed by atoms with Crippen molar-refractivity contribution in [1.82, 2.24) is 0 Å². The first-order valence-electron chi connectivity index (χ1n) is 5.34. The van der Waals surface area contributed by atoms with Gasteiger partial charge in [-0.1, -0.05) is 13.8 Å². The van der Waals surface area contributed by atoms with Crippen LogP contribution in [-0.2, 0) is 0 Å². The van der Waals surface area contributed by atoms with Gasteiger partial charge in [-0.3, -0.25) is 0 Å². The Balaban J connectivity index is 2.54. The fourth-order valence-corrected chi connectivity index (χ4v) is 1.56. The highest BCUT2D eigenvalue weighted by atomic mass is 19.1. The summed E-state index contributed by atoms with van der Waals surface area (Å²) in [5.74, 6) is 0.389. The van der Waals surface area contributed by atoms with Crippen LogP contribution in [-0.4, -0.2) is 12.6 Å². The predicted molar refractivity (Wildman–Crippen MR) is 62.3 cm³/mol. The molecule has 1 aromatic carbocycles. The molecular formula is C12H19FN2. The number of hydrogen-bond donors (Lipinski definition) is 2. The zero-order chi connectivity index (χ0) is 11.3. The van der Waals surface area contributed by atoms with Gasteiger partial charge in [-0.15, -0.1) is 0 Å². The van der Waals surface area contributed by atoms with E-state index in [1.165, 1.54) is 12.1 Å². The van der Waals surface area contributed by atoms with E-state index >= 15 is 0 Å². The Kier molecular flexibility index (Phi) is 4.56. The summed E-state index contributed by atoms with van der Waals surface area (Å²) in [6, 6.07) is 6.63. The third-order valence-corrected chi connectivity index (χ3v) is 2.26. The van der Waals surface area contributed by atoms with Crippen LogP contribution in [0.25, 0.3) is 0 Å². The Morgan fingerprint density at radius 1 is 1.27 bits per heavy atom. The normalized spacial score (nSPS) is 12.9. The average molecular weight is 210 g/mol. The summed E-state index contributed by atoms with van der Waals surface area (Å²) >= 11 is 0. The van der Waals surface area contributed by atoms with E-state index in [-0.39, 0.29) is 11.9 Å². The summed E-state index contributed by atoms with van der Waals surface area (Å²) in [6.07, 6.45) is 1.02. The predicted octanol–water partition coefficient (Wildman–Crippen LogP) is 2.61. The van der Waals surface area contributed by atoms with Gasteiger partial charge in [0.1, 0.15) is 5.82 Å². The van der Waals surface area contributed by atoms with Crippen molar-refractivity contribution < 1.29 is 4.39 Å². The molecule has 0 aliphatic heterocycles. The maximum Gasteiger partial charge on any atom is 0.123 e. The molecule has 2 nitrogen and oxygen atoms in total. The van der Waals surface area contributed by atoms with Gasteiger partial charge in [-0.25, -0.2) is 4.39 Å².